The molecule has 0 aromatic heterocycles. The molecule has 5 nitrogen and oxygen atoms in total. The minimum atomic E-state index is -0.791. The molecule has 122 valence electrons. The summed E-state index contributed by atoms with van der Waals surface area (Å²) >= 11 is 0. The van der Waals surface area contributed by atoms with E-state index in [1.807, 2.05) is 4.90 Å². The predicted molar refractivity (Wildman–Crippen MR) is 83.2 cm³/mol. The fourth-order valence-electron chi connectivity index (χ4n) is 2.47. The van der Waals surface area contributed by atoms with Gasteiger partial charge in [0, 0.05) is 26.2 Å². The standard InChI is InChI=1S/C16H30N2O3/c1-12(2)5-8-17(9-6-13(3)4)16(21)18-10-7-14(11-18)15(19)20/h12-14H,5-11H2,1-4H3,(H,19,20). The molecule has 1 fully saturated rings. The van der Waals surface area contributed by atoms with E-state index in [2.05, 4.69) is 27.7 Å². The van der Waals surface area contributed by atoms with Gasteiger partial charge in [-0.3, -0.25) is 4.79 Å². The zero-order valence-electron chi connectivity index (χ0n) is 13.8. The Kier molecular flexibility index (Phi) is 6.99. The Hall–Kier alpha value is -1.26. The van der Waals surface area contributed by atoms with Crippen molar-refractivity contribution in [2.45, 2.75) is 47.0 Å². The molecule has 1 aliphatic heterocycles. The summed E-state index contributed by atoms with van der Waals surface area (Å²) in [5.74, 6) is -0.0680. The van der Waals surface area contributed by atoms with E-state index in [0.717, 1.165) is 25.9 Å². The maximum absolute atomic E-state index is 12.6. The fourth-order valence-corrected chi connectivity index (χ4v) is 2.47. The predicted octanol–water partition coefficient (Wildman–Crippen LogP) is 2.91. The SMILES string of the molecule is CC(C)CCN(CCC(C)C)C(=O)N1CCC(C(=O)O)C1. The van der Waals surface area contributed by atoms with Crippen molar-refractivity contribution >= 4 is 12.0 Å². The second-order valence-electron chi connectivity index (χ2n) is 6.90. The van der Waals surface area contributed by atoms with Gasteiger partial charge in [0.05, 0.1) is 5.92 Å². The monoisotopic (exact) mass is 298 g/mol. The Morgan fingerprint density at radius 1 is 1.14 bits per heavy atom. The molecule has 0 saturated carbocycles. The van der Waals surface area contributed by atoms with E-state index >= 15 is 0 Å². The van der Waals surface area contributed by atoms with Crippen molar-refractivity contribution in [1.82, 2.24) is 9.80 Å². The molecule has 0 bridgehead atoms. The van der Waals surface area contributed by atoms with Crippen molar-refractivity contribution < 1.29 is 14.7 Å². The molecular weight excluding hydrogens is 268 g/mol. The van der Waals surface area contributed by atoms with E-state index in [1.165, 1.54) is 0 Å². The summed E-state index contributed by atoms with van der Waals surface area (Å²) in [4.78, 5) is 27.2. The largest absolute Gasteiger partial charge is 0.481 e. The third-order valence-corrected chi connectivity index (χ3v) is 4.03. The van der Waals surface area contributed by atoms with E-state index in [0.29, 0.717) is 31.3 Å². The smallest absolute Gasteiger partial charge is 0.320 e. The Morgan fingerprint density at radius 3 is 2.05 bits per heavy atom. The number of hydrogen-bond donors (Lipinski definition) is 1. The van der Waals surface area contributed by atoms with Crippen LogP contribution in [0.3, 0.4) is 0 Å². The molecule has 1 rings (SSSR count). The van der Waals surface area contributed by atoms with Gasteiger partial charge in [-0.25, -0.2) is 4.79 Å². The minimum absolute atomic E-state index is 0.0139. The quantitative estimate of drug-likeness (QED) is 0.786. The number of urea groups is 1. The van der Waals surface area contributed by atoms with E-state index in [4.69, 9.17) is 5.11 Å². The minimum Gasteiger partial charge on any atom is -0.481 e. The Labute approximate surface area is 128 Å². The Bertz CT molecular complexity index is 343. The zero-order valence-corrected chi connectivity index (χ0v) is 13.8. The lowest BCUT2D eigenvalue weighted by atomic mass is 10.1. The summed E-state index contributed by atoms with van der Waals surface area (Å²) in [7, 11) is 0. The van der Waals surface area contributed by atoms with Crippen LogP contribution in [0.1, 0.15) is 47.0 Å². The maximum Gasteiger partial charge on any atom is 0.320 e. The maximum atomic E-state index is 12.6. The third-order valence-electron chi connectivity index (χ3n) is 4.03. The molecule has 1 atom stereocenters. The van der Waals surface area contributed by atoms with Gasteiger partial charge >= 0.3 is 12.0 Å². The van der Waals surface area contributed by atoms with Crippen LogP contribution in [-0.4, -0.2) is 53.1 Å². The zero-order chi connectivity index (χ0) is 16.0. The number of carbonyl (C=O) groups is 2. The first-order valence-electron chi connectivity index (χ1n) is 8.08. The molecule has 1 aliphatic rings. The molecule has 2 amide bonds. The fraction of sp³-hybridized carbons (Fsp3) is 0.875. The summed E-state index contributed by atoms with van der Waals surface area (Å²) < 4.78 is 0. The van der Waals surface area contributed by atoms with Gasteiger partial charge in [0.2, 0.25) is 0 Å². The topological polar surface area (TPSA) is 60.9 Å². The first-order valence-corrected chi connectivity index (χ1v) is 8.08. The average molecular weight is 298 g/mol. The number of carboxylic acid groups (broad SMARTS) is 1. The van der Waals surface area contributed by atoms with Crippen molar-refractivity contribution in [3.8, 4) is 0 Å². The molecule has 0 spiro atoms. The summed E-state index contributed by atoms with van der Waals surface area (Å²) in [6.07, 6.45) is 2.54. The van der Waals surface area contributed by atoms with Crippen LogP contribution in [0.4, 0.5) is 4.79 Å². The van der Waals surface area contributed by atoms with Crippen LogP contribution in [0.5, 0.6) is 0 Å². The Balaban J connectivity index is 2.59. The van der Waals surface area contributed by atoms with Crippen molar-refractivity contribution in [2.24, 2.45) is 17.8 Å². The summed E-state index contributed by atoms with van der Waals surface area (Å²) in [5.41, 5.74) is 0. The first-order chi connectivity index (χ1) is 9.81. The lowest BCUT2D eigenvalue weighted by Gasteiger charge is -2.29. The second kappa shape index (κ2) is 8.25. The highest BCUT2D eigenvalue weighted by Gasteiger charge is 2.32. The van der Waals surface area contributed by atoms with Gasteiger partial charge in [0.1, 0.15) is 0 Å². The lowest BCUT2D eigenvalue weighted by Crippen LogP contribution is -2.43. The van der Waals surface area contributed by atoms with Gasteiger partial charge < -0.3 is 14.9 Å². The van der Waals surface area contributed by atoms with Crippen LogP contribution in [0.25, 0.3) is 0 Å². The molecule has 1 N–H and O–H groups in total. The molecule has 21 heavy (non-hydrogen) atoms. The second-order valence-corrected chi connectivity index (χ2v) is 6.90. The number of amides is 2. The van der Waals surface area contributed by atoms with Crippen LogP contribution < -0.4 is 0 Å². The van der Waals surface area contributed by atoms with E-state index in [1.54, 1.807) is 4.90 Å². The highest BCUT2D eigenvalue weighted by atomic mass is 16.4. The van der Waals surface area contributed by atoms with E-state index in [-0.39, 0.29) is 6.03 Å². The Morgan fingerprint density at radius 2 is 1.67 bits per heavy atom. The van der Waals surface area contributed by atoms with Gasteiger partial charge in [-0.05, 0) is 31.1 Å². The molecule has 5 heteroatoms. The highest BCUT2D eigenvalue weighted by molar-refractivity contribution is 5.77. The van der Waals surface area contributed by atoms with Gasteiger partial charge in [0.25, 0.3) is 0 Å². The van der Waals surface area contributed by atoms with Crippen molar-refractivity contribution in [1.29, 1.82) is 0 Å². The van der Waals surface area contributed by atoms with Crippen LogP contribution >= 0.6 is 0 Å². The lowest BCUT2D eigenvalue weighted by molar-refractivity contribution is -0.141. The summed E-state index contributed by atoms with van der Waals surface area (Å²) in [5, 5.41) is 9.05. The number of carboxylic acids is 1. The van der Waals surface area contributed by atoms with Crippen LogP contribution in [0.2, 0.25) is 0 Å². The van der Waals surface area contributed by atoms with Crippen LogP contribution in [-0.2, 0) is 4.79 Å². The number of hydrogen-bond acceptors (Lipinski definition) is 2. The molecule has 0 aromatic rings. The van der Waals surface area contributed by atoms with Crippen LogP contribution in [0.15, 0.2) is 0 Å². The average Bonchev–Trinajstić information content (AvgIpc) is 2.87. The molecule has 0 radical (unpaired) electrons. The normalized spacial score (nSPS) is 18.6. The van der Waals surface area contributed by atoms with Crippen LogP contribution in [0, 0.1) is 17.8 Å². The number of aliphatic carboxylic acids is 1. The number of rotatable bonds is 7. The van der Waals surface area contributed by atoms with Crippen molar-refractivity contribution in [3.63, 3.8) is 0 Å². The molecule has 0 aliphatic carbocycles. The van der Waals surface area contributed by atoms with Gasteiger partial charge in [-0.15, -0.1) is 0 Å². The van der Waals surface area contributed by atoms with Gasteiger partial charge in [-0.2, -0.15) is 0 Å². The van der Waals surface area contributed by atoms with Crippen molar-refractivity contribution in [3.05, 3.63) is 0 Å². The highest BCUT2D eigenvalue weighted by Crippen LogP contribution is 2.19. The molecule has 1 heterocycles. The molecule has 1 saturated heterocycles. The number of carbonyl (C=O) groups excluding carboxylic acids is 1. The molecule has 0 aromatic carbocycles. The number of nitrogens with zero attached hydrogens (tertiary/aromatic N) is 2. The van der Waals surface area contributed by atoms with E-state index in [9.17, 15) is 9.59 Å². The van der Waals surface area contributed by atoms with Gasteiger partial charge in [-0.1, -0.05) is 27.7 Å². The third kappa shape index (κ3) is 5.94. The first kappa shape index (κ1) is 17.8. The molecular formula is C16H30N2O3. The summed E-state index contributed by atoms with van der Waals surface area (Å²) in [6, 6.07) is 0.0139. The van der Waals surface area contributed by atoms with Crippen molar-refractivity contribution in [2.75, 3.05) is 26.2 Å². The molecule has 1 unspecified atom stereocenters. The number of likely N-dealkylation sites (tertiary alicyclic amines) is 1. The summed E-state index contributed by atoms with van der Waals surface area (Å²) in [6.45, 7) is 11.1. The van der Waals surface area contributed by atoms with E-state index < -0.39 is 11.9 Å². The van der Waals surface area contributed by atoms with Gasteiger partial charge in [0.15, 0.2) is 0 Å².